The zero-order valence-corrected chi connectivity index (χ0v) is 10.8. The normalized spacial score (nSPS) is 17.2. The van der Waals surface area contributed by atoms with E-state index in [4.69, 9.17) is 5.14 Å². The molecule has 1 aromatic rings. The van der Waals surface area contributed by atoms with Crippen LogP contribution in [0.4, 0.5) is 5.69 Å². The van der Waals surface area contributed by atoms with Gasteiger partial charge in [-0.3, -0.25) is 0 Å². The topological polar surface area (TPSA) is 72.2 Å². The standard InChI is InChI=1S/C10H14N2O2S.ClH/c1-10(2)6-12-9-5-7(15(11,13)14)3-4-8(9)10;/h3-5,12H,6H2,1-2H3,(H2,11,13,14);1H. The highest BCUT2D eigenvalue weighted by Crippen LogP contribution is 2.36. The first-order valence-electron chi connectivity index (χ1n) is 4.72. The maximum atomic E-state index is 11.1. The molecular weight excluding hydrogens is 248 g/mol. The van der Waals surface area contributed by atoms with Crippen molar-refractivity contribution in [3.05, 3.63) is 23.8 Å². The molecule has 16 heavy (non-hydrogen) atoms. The molecule has 0 amide bonds. The van der Waals surface area contributed by atoms with Gasteiger partial charge in [0.25, 0.3) is 0 Å². The van der Waals surface area contributed by atoms with Gasteiger partial charge in [0.1, 0.15) is 0 Å². The van der Waals surface area contributed by atoms with E-state index in [2.05, 4.69) is 19.2 Å². The molecule has 0 spiro atoms. The van der Waals surface area contributed by atoms with E-state index in [1.165, 1.54) is 0 Å². The van der Waals surface area contributed by atoms with Gasteiger partial charge in [0, 0.05) is 17.6 Å². The highest BCUT2D eigenvalue weighted by molar-refractivity contribution is 7.89. The number of nitrogens with one attached hydrogen (secondary N) is 1. The highest BCUT2D eigenvalue weighted by Gasteiger charge is 2.30. The third-order valence-corrected chi connectivity index (χ3v) is 3.68. The first-order valence-corrected chi connectivity index (χ1v) is 6.26. The molecule has 0 radical (unpaired) electrons. The summed E-state index contributed by atoms with van der Waals surface area (Å²) in [5.41, 5.74) is 2.05. The van der Waals surface area contributed by atoms with Crippen molar-refractivity contribution < 1.29 is 8.42 Å². The molecule has 1 heterocycles. The lowest BCUT2D eigenvalue weighted by atomic mass is 9.87. The van der Waals surface area contributed by atoms with Crippen LogP contribution < -0.4 is 10.5 Å². The van der Waals surface area contributed by atoms with Crippen LogP contribution in [0.2, 0.25) is 0 Å². The molecule has 1 aliphatic heterocycles. The Balaban J connectivity index is 0.00000128. The van der Waals surface area contributed by atoms with Crippen molar-refractivity contribution in [1.82, 2.24) is 0 Å². The van der Waals surface area contributed by atoms with Gasteiger partial charge in [-0.25, -0.2) is 13.6 Å². The van der Waals surface area contributed by atoms with Gasteiger partial charge >= 0.3 is 0 Å². The number of fused-ring (bicyclic) bond motifs is 1. The third-order valence-electron chi connectivity index (χ3n) is 2.77. The van der Waals surface area contributed by atoms with Gasteiger partial charge < -0.3 is 5.32 Å². The van der Waals surface area contributed by atoms with Crippen LogP contribution in [0.15, 0.2) is 23.1 Å². The molecule has 1 aliphatic rings. The molecule has 0 aliphatic carbocycles. The Kier molecular flexibility index (Phi) is 3.24. The fraction of sp³-hybridized carbons (Fsp3) is 0.400. The van der Waals surface area contributed by atoms with Crippen molar-refractivity contribution in [3.63, 3.8) is 0 Å². The van der Waals surface area contributed by atoms with Crippen molar-refractivity contribution in [3.8, 4) is 0 Å². The van der Waals surface area contributed by atoms with Gasteiger partial charge in [-0.15, -0.1) is 12.4 Å². The molecule has 0 saturated carbocycles. The largest absolute Gasteiger partial charge is 0.384 e. The zero-order valence-electron chi connectivity index (χ0n) is 9.15. The Labute approximate surface area is 102 Å². The second-order valence-electron chi connectivity index (χ2n) is 4.49. The highest BCUT2D eigenvalue weighted by atomic mass is 35.5. The summed E-state index contributed by atoms with van der Waals surface area (Å²) >= 11 is 0. The van der Waals surface area contributed by atoms with Crippen LogP contribution in [0, 0.1) is 0 Å². The Hall–Kier alpha value is -0.780. The summed E-state index contributed by atoms with van der Waals surface area (Å²) in [4.78, 5) is 0.159. The number of rotatable bonds is 1. The average molecular weight is 263 g/mol. The van der Waals surface area contributed by atoms with Crippen LogP contribution in [0.5, 0.6) is 0 Å². The lowest BCUT2D eigenvalue weighted by molar-refractivity contribution is 0.585. The summed E-state index contributed by atoms with van der Waals surface area (Å²) in [7, 11) is -3.60. The van der Waals surface area contributed by atoms with Gasteiger partial charge in [-0.2, -0.15) is 0 Å². The van der Waals surface area contributed by atoms with Crippen LogP contribution in [-0.4, -0.2) is 15.0 Å². The summed E-state index contributed by atoms with van der Waals surface area (Å²) in [6, 6.07) is 4.98. The minimum atomic E-state index is -3.60. The lowest BCUT2D eigenvalue weighted by Gasteiger charge is -2.16. The van der Waals surface area contributed by atoms with Crippen LogP contribution in [0.3, 0.4) is 0 Å². The number of halogens is 1. The first kappa shape index (κ1) is 13.3. The Morgan fingerprint density at radius 1 is 1.38 bits per heavy atom. The second-order valence-corrected chi connectivity index (χ2v) is 6.05. The minimum Gasteiger partial charge on any atom is -0.384 e. The molecular formula is C10H15ClN2O2S. The summed E-state index contributed by atoms with van der Waals surface area (Å²) in [6.45, 7) is 5.04. The predicted octanol–water partition coefficient (Wildman–Crippen LogP) is 1.46. The van der Waals surface area contributed by atoms with Gasteiger partial charge in [0.2, 0.25) is 10.0 Å². The monoisotopic (exact) mass is 262 g/mol. The maximum absolute atomic E-state index is 11.1. The molecule has 2 rings (SSSR count). The quantitative estimate of drug-likeness (QED) is 0.805. The smallest absolute Gasteiger partial charge is 0.238 e. The van der Waals surface area contributed by atoms with Gasteiger partial charge in [0.15, 0.2) is 0 Å². The summed E-state index contributed by atoms with van der Waals surface area (Å²) < 4.78 is 22.3. The van der Waals surface area contributed by atoms with Crippen molar-refractivity contribution in [2.75, 3.05) is 11.9 Å². The Morgan fingerprint density at radius 3 is 2.56 bits per heavy atom. The van der Waals surface area contributed by atoms with E-state index in [1.807, 2.05) is 6.07 Å². The number of sulfonamides is 1. The summed E-state index contributed by atoms with van der Waals surface area (Å²) in [6.07, 6.45) is 0. The van der Waals surface area contributed by atoms with Crippen LogP contribution in [0.1, 0.15) is 19.4 Å². The first-order chi connectivity index (χ1) is 6.81. The van der Waals surface area contributed by atoms with E-state index in [0.717, 1.165) is 17.8 Å². The molecule has 0 fully saturated rings. The van der Waals surface area contributed by atoms with Crippen molar-refractivity contribution >= 4 is 28.1 Å². The molecule has 0 unspecified atom stereocenters. The molecule has 0 saturated heterocycles. The number of anilines is 1. The number of nitrogens with two attached hydrogens (primary N) is 1. The number of hydrogen-bond donors (Lipinski definition) is 2. The Morgan fingerprint density at radius 2 is 2.00 bits per heavy atom. The molecule has 3 N–H and O–H groups in total. The molecule has 1 aromatic carbocycles. The predicted molar refractivity (Wildman–Crippen MR) is 66.6 cm³/mol. The number of benzene rings is 1. The van der Waals surface area contributed by atoms with E-state index in [-0.39, 0.29) is 22.7 Å². The molecule has 0 aromatic heterocycles. The molecule has 90 valence electrons. The van der Waals surface area contributed by atoms with E-state index >= 15 is 0 Å². The van der Waals surface area contributed by atoms with Crippen molar-refractivity contribution in [1.29, 1.82) is 0 Å². The minimum absolute atomic E-state index is 0. The van der Waals surface area contributed by atoms with E-state index in [9.17, 15) is 8.42 Å². The van der Waals surface area contributed by atoms with Crippen LogP contribution in [-0.2, 0) is 15.4 Å². The Bertz CT molecular complexity index is 512. The summed E-state index contributed by atoms with van der Waals surface area (Å²) in [5, 5.41) is 8.25. The molecule has 4 nitrogen and oxygen atoms in total. The number of primary sulfonamides is 1. The summed E-state index contributed by atoms with van der Waals surface area (Å²) in [5.74, 6) is 0. The van der Waals surface area contributed by atoms with Crippen LogP contribution in [0.25, 0.3) is 0 Å². The van der Waals surface area contributed by atoms with Gasteiger partial charge in [-0.05, 0) is 17.7 Å². The number of hydrogen-bond acceptors (Lipinski definition) is 3. The second kappa shape index (κ2) is 3.91. The SMILES string of the molecule is CC1(C)CNc2cc(S(N)(=O)=O)ccc21.Cl. The zero-order chi connectivity index (χ0) is 11.3. The molecule has 0 bridgehead atoms. The van der Waals surface area contributed by atoms with Gasteiger partial charge in [0.05, 0.1) is 4.90 Å². The van der Waals surface area contributed by atoms with E-state index in [1.54, 1.807) is 12.1 Å². The van der Waals surface area contributed by atoms with Crippen molar-refractivity contribution in [2.24, 2.45) is 5.14 Å². The fourth-order valence-corrected chi connectivity index (χ4v) is 2.39. The molecule has 6 heteroatoms. The van der Waals surface area contributed by atoms with Crippen molar-refractivity contribution in [2.45, 2.75) is 24.2 Å². The average Bonchev–Trinajstić information content (AvgIpc) is 2.41. The fourth-order valence-electron chi connectivity index (χ4n) is 1.85. The maximum Gasteiger partial charge on any atom is 0.238 e. The van der Waals surface area contributed by atoms with E-state index in [0.29, 0.717) is 0 Å². The third kappa shape index (κ3) is 2.16. The van der Waals surface area contributed by atoms with Crippen LogP contribution >= 0.6 is 12.4 Å². The lowest BCUT2D eigenvalue weighted by Crippen LogP contribution is -2.18. The molecule has 0 atom stereocenters. The van der Waals surface area contributed by atoms with Gasteiger partial charge in [-0.1, -0.05) is 19.9 Å². The van der Waals surface area contributed by atoms with E-state index < -0.39 is 10.0 Å².